The van der Waals surface area contributed by atoms with Crippen LogP contribution in [0.25, 0.3) is 0 Å². The SMILES string of the molecule is C=CCNc1ccc(Cl)cc1C. The number of anilines is 1. The number of nitrogens with one attached hydrogen (secondary N) is 1. The Morgan fingerprint density at radius 2 is 2.33 bits per heavy atom. The van der Waals surface area contributed by atoms with Crippen LogP contribution in [-0.4, -0.2) is 6.54 Å². The predicted molar refractivity (Wildman–Crippen MR) is 54.9 cm³/mol. The quantitative estimate of drug-likeness (QED) is 0.706. The molecule has 0 atom stereocenters. The second kappa shape index (κ2) is 4.17. The Hall–Kier alpha value is -0.950. The van der Waals surface area contributed by atoms with E-state index in [4.69, 9.17) is 11.6 Å². The van der Waals surface area contributed by atoms with E-state index < -0.39 is 0 Å². The first kappa shape index (κ1) is 9.14. The van der Waals surface area contributed by atoms with E-state index in [1.165, 1.54) is 0 Å². The first-order valence-corrected chi connectivity index (χ1v) is 4.23. The van der Waals surface area contributed by atoms with Crippen LogP contribution in [-0.2, 0) is 0 Å². The minimum atomic E-state index is 0.775. The molecule has 0 unspecified atom stereocenters. The minimum Gasteiger partial charge on any atom is -0.381 e. The molecule has 0 aliphatic carbocycles. The molecule has 0 amide bonds. The summed E-state index contributed by atoms with van der Waals surface area (Å²) in [6, 6.07) is 5.79. The maximum absolute atomic E-state index is 5.80. The standard InChI is InChI=1S/C10H12ClN/c1-3-6-12-10-5-4-9(11)7-8(10)2/h3-5,7,12H,1,6H2,2H3. The van der Waals surface area contributed by atoms with Gasteiger partial charge in [0.05, 0.1) is 0 Å². The lowest BCUT2D eigenvalue weighted by Crippen LogP contribution is -1.99. The van der Waals surface area contributed by atoms with Gasteiger partial charge in [0.25, 0.3) is 0 Å². The molecule has 0 bridgehead atoms. The van der Waals surface area contributed by atoms with E-state index in [0.29, 0.717) is 0 Å². The van der Waals surface area contributed by atoms with E-state index in [2.05, 4.69) is 11.9 Å². The molecule has 0 aliphatic rings. The number of aryl methyl sites for hydroxylation is 1. The summed E-state index contributed by atoms with van der Waals surface area (Å²) in [5.41, 5.74) is 2.27. The van der Waals surface area contributed by atoms with Gasteiger partial charge in [-0.15, -0.1) is 6.58 Å². The Morgan fingerprint density at radius 1 is 1.58 bits per heavy atom. The van der Waals surface area contributed by atoms with Crippen molar-refractivity contribution in [3.05, 3.63) is 41.4 Å². The number of benzene rings is 1. The van der Waals surface area contributed by atoms with Crippen LogP contribution in [0.2, 0.25) is 5.02 Å². The molecule has 0 aromatic heterocycles. The van der Waals surface area contributed by atoms with Crippen molar-refractivity contribution in [3.63, 3.8) is 0 Å². The molecule has 0 heterocycles. The molecule has 0 spiro atoms. The summed E-state index contributed by atoms with van der Waals surface area (Å²) in [4.78, 5) is 0. The summed E-state index contributed by atoms with van der Waals surface area (Å²) < 4.78 is 0. The summed E-state index contributed by atoms with van der Waals surface area (Å²) in [7, 11) is 0. The third-order valence-corrected chi connectivity index (χ3v) is 1.86. The van der Waals surface area contributed by atoms with E-state index >= 15 is 0 Å². The Morgan fingerprint density at radius 3 is 2.92 bits per heavy atom. The monoisotopic (exact) mass is 181 g/mol. The Balaban J connectivity index is 2.78. The van der Waals surface area contributed by atoms with Crippen LogP contribution in [0.15, 0.2) is 30.9 Å². The van der Waals surface area contributed by atoms with Crippen LogP contribution in [0.3, 0.4) is 0 Å². The van der Waals surface area contributed by atoms with Crippen LogP contribution in [0.1, 0.15) is 5.56 Å². The van der Waals surface area contributed by atoms with E-state index in [1.54, 1.807) is 0 Å². The van der Waals surface area contributed by atoms with Gasteiger partial charge in [0.1, 0.15) is 0 Å². The molecule has 2 heteroatoms. The van der Waals surface area contributed by atoms with Crippen LogP contribution < -0.4 is 5.32 Å². The third kappa shape index (κ3) is 2.28. The normalized spacial score (nSPS) is 9.50. The molecular formula is C10H12ClN. The largest absolute Gasteiger partial charge is 0.381 e. The van der Waals surface area contributed by atoms with E-state index in [0.717, 1.165) is 22.8 Å². The van der Waals surface area contributed by atoms with Crippen molar-refractivity contribution in [2.75, 3.05) is 11.9 Å². The Labute approximate surface area is 78.1 Å². The van der Waals surface area contributed by atoms with Crippen molar-refractivity contribution < 1.29 is 0 Å². The van der Waals surface area contributed by atoms with Gasteiger partial charge in [-0.25, -0.2) is 0 Å². The highest BCUT2D eigenvalue weighted by Crippen LogP contribution is 2.18. The highest BCUT2D eigenvalue weighted by Gasteiger charge is 1.95. The lowest BCUT2D eigenvalue weighted by Gasteiger charge is -2.06. The molecule has 1 rings (SSSR count). The Bertz CT molecular complexity index is 281. The smallest absolute Gasteiger partial charge is 0.0410 e. The molecule has 12 heavy (non-hydrogen) atoms. The predicted octanol–water partition coefficient (Wildman–Crippen LogP) is 3.25. The average molecular weight is 182 g/mol. The molecule has 1 aromatic rings. The first-order valence-electron chi connectivity index (χ1n) is 3.85. The van der Waals surface area contributed by atoms with Gasteiger partial charge in [-0.05, 0) is 30.7 Å². The van der Waals surface area contributed by atoms with E-state index in [-0.39, 0.29) is 0 Å². The second-order valence-electron chi connectivity index (χ2n) is 2.63. The highest BCUT2D eigenvalue weighted by molar-refractivity contribution is 6.30. The van der Waals surface area contributed by atoms with Gasteiger partial charge < -0.3 is 5.32 Å². The van der Waals surface area contributed by atoms with Crippen LogP contribution in [0.5, 0.6) is 0 Å². The van der Waals surface area contributed by atoms with Crippen molar-refractivity contribution in [1.82, 2.24) is 0 Å². The minimum absolute atomic E-state index is 0.775. The zero-order chi connectivity index (χ0) is 8.97. The summed E-state index contributed by atoms with van der Waals surface area (Å²) in [5, 5.41) is 3.99. The number of hydrogen-bond donors (Lipinski definition) is 1. The zero-order valence-electron chi connectivity index (χ0n) is 7.10. The summed E-state index contributed by atoms with van der Waals surface area (Å²) in [6.07, 6.45) is 1.83. The van der Waals surface area contributed by atoms with Gasteiger partial charge in [-0.1, -0.05) is 17.7 Å². The van der Waals surface area contributed by atoms with Gasteiger partial charge in [0.15, 0.2) is 0 Å². The van der Waals surface area contributed by atoms with Gasteiger partial charge in [-0.2, -0.15) is 0 Å². The number of hydrogen-bond acceptors (Lipinski definition) is 1. The zero-order valence-corrected chi connectivity index (χ0v) is 7.86. The second-order valence-corrected chi connectivity index (χ2v) is 3.07. The lowest BCUT2D eigenvalue weighted by molar-refractivity contribution is 1.31. The van der Waals surface area contributed by atoms with Crippen molar-refractivity contribution in [2.45, 2.75) is 6.92 Å². The summed E-state index contributed by atoms with van der Waals surface area (Å²) >= 11 is 5.80. The highest BCUT2D eigenvalue weighted by atomic mass is 35.5. The first-order chi connectivity index (χ1) is 5.74. The molecule has 1 nitrogen and oxygen atoms in total. The van der Waals surface area contributed by atoms with Crippen molar-refractivity contribution in [3.8, 4) is 0 Å². The van der Waals surface area contributed by atoms with Gasteiger partial charge in [0, 0.05) is 17.3 Å². The lowest BCUT2D eigenvalue weighted by atomic mass is 10.2. The van der Waals surface area contributed by atoms with Crippen molar-refractivity contribution in [2.24, 2.45) is 0 Å². The molecule has 0 saturated carbocycles. The summed E-state index contributed by atoms with van der Waals surface area (Å²) in [6.45, 7) is 6.44. The molecule has 0 fully saturated rings. The Kier molecular flexibility index (Phi) is 3.18. The molecule has 64 valence electrons. The van der Waals surface area contributed by atoms with Gasteiger partial charge in [0.2, 0.25) is 0 Å². The van der Waals surface area contributed by atoms with Crippen LogP contribution in [0.4, 0.5) is 5.69 Å². The van der Waals surface area contributed by atoms with Gasteiger partial charge in [-0.3, -0.25) is 0 Å². The topological polar surface area (TPSA) is 12.0 Å². The molecule has 0 saturated heterocycles. The third-order valence-electron chi connectivity index (χ3n) is 1.63. The molecule has 0 radical (unpaired) electrons. The fraction of sp³-hybridized carbons (Fsp3) is 0.200. The summed E-state index contributed by atoms with van der Waals surface area (Å²) in [5.74, 6) is 0. The van der Waals surface area contributed by atoms with Crippen LogP contribution in [0, 0.1) is 6.92 Å². The number of halogens is 1. The maximum atomic E-state index is 5.80. The number of rotatable bonds is 3. The molecular weight excluding hydrogens is 170 g/mol. The fourth-order valence-corrected chi connectivity index (χ4v) is 1.23. The maximum Gasteiger partial charge on any atom is 0.0410 e. The van der Waals surface area contributed by atoms with E-state index in [1.807, 2.05) is 31.2 Å². The van der Waals surface area contributed by atoms with E-state index in [9.17, 15) is 0 Å². The molecule has 1 aromatic carbocycles. The average Bonchev–Trinajstić information content (AvgIpc) is 2.03. The van der Waals surface area contributed by atoms with Crippen LogP contribution >= 0.6 is 11.6 Å². The van der Waals surface area contributed by atoms with Crippen molar-refractivity contribution >= 4 is 17.3 Å². The fourth-order valence-electron chi connectivity index (χ4n) is 1.01. The van der Waals surface area contributed by atoms with Gasteiger partial charge >= 0.3 is 0 Å². The molecule has 1 N–H and O–H groups in total. The molecule has 0 aliphatic heterocycles. The van der Waals surface area contributed by atoms with Crippen molar-refractivity contribution in [1.29, 1.82) is 0 Å².